The number of aliphatic hydroxyl groups excluding tert-OH is 1. The van der Waals surface area contributed by atoms with Gasteiger partial charge in [0.05, 0.1) is 32.5 Å². The molecule has 1 aliphatic rings. The van der Waals surface area contributed by atoms with E-state index in [1.54, 1.807) is 0 Å². The van der Waals surface area contributed by atoms with Crippen molar-refractivity contribution in [1.82, 2.24) is 0 Å². The molecule has 3 N–H and O–H groups in total. The zero-order chi connectivity index (χ0) is 8.81. The largest absolute Gasteiger partial charge is 0.394 e. The highest BCUT2D eigenvalue weighted by atomic mass is 16.5. The van der Waals surface area contributed by atoms with Crippen LogP contribution in [0.4, 0.5) is 0 Å². The monoisotopic (exact) mass is 175 g/mol. The first kappa shape index (κ1) is 9.92. The summed E-state index contributed by atoms with van der Waals surface area (Å²) in [5.74, 6) is 0. The van der Waals surface area contributed by atoms with Gasteiger partial charge < -0.3 is 20.3 Å². The van der Waals surface area contributed by atoms with Gasteiger partial charge in [0.25, 0.3) is 0 Å². The summed E-state index contributed by atoms with van der Waals surface area (Å²) in [6.45, 7) is 1.64. The van der Waals surface area contributed by atoms with Crippen LogP contribution in [0.5, 0.6) is 0 Å². The molecule has 4 nitrogen and oxygen atoms in total. The van der Waals surface area contributed by atoms with Gasteiger partial charge in [-0.05, 0) is 12.8 Å². The number of ether oxygens (including phenoxy) is 2. The van der Waals surface area contributed by atoms with Crippen LogP contribution in [-0.4, -0.2) is 43.7 Å². The van der Waals surface area contributed by atoms with Crippen molar-refractivity contribution in [2.75, 3.05) is 26.4 Å². The van der Waals surface area contributed by atoms with Crippen LogP contribution in [-0.2, 0) is 9.47 Å². The molecule has 0 spiro atoms. The zero-order valence-electron chi connectivity index (χ0n) is 7.24. The molecule has 0 atom stereocenters. The van der Waals surface area contributed by atoms with Crippen LogP contribution in [0.1, 0.15) is 12.8 Å². The lowest BCUT2D eigenvalue weighted by Gasteiger charge is -2.32. The third kappa shape index (κ3) is 3.49. The Hall–Kier alpha value is -0.160. The molecular formula is C8H17NO3. The molecule has 0 aromatic carbocycles. The maximum absolute atomic E-state index is 8.38. The molecule has 1 fully saturated rings. The fourth-order valence-corrected chi connectivity index (χ4v) is 1.18. The molecule has 0 amide bonds. The van der Waals surface area contributed by atoms with E-state index in [0.717, 1.165) is 12.8 Å². The van der Waals surface area contributed by atoms with Gasteiger partial charge in [-0.25, -0.2) is 0 Å². The smallest absolute Gasteiger partial charge is 0.0704 e. The second-order valence-corrected chi connectivity index (χ2v) is 3.06. The van der Waals surface area contributed by atoms with Gasteiger partial charge >= 0.3 is 0 Å². The van der Waals surface area contributed by atoms with Gasteiger partial charge in [0.15, 0.2) is 0 Å². The van der Waals surface area contributed by atoms with E-state index in [-0.39, 0.29) is 6.61 Å². The van der Waals surface area contributed by atoms with Crippen LogP contribution in [0.3, 0.4) is 0 Å². The molecule has 0 radical (unpaired) electrons. The predicted octanol–water partition coefficient (Wildman–Crippen LogP) is -0.498. The quantitative estimate of drug-likeness (QED) is 0.534. The van der Waals surface area contributed by atoms with Crippen molar-refractivity contribution in [2.24, 2.45) is 5.73 Å². The molecule has 0 bridgehead atoms. The van der Waals surface area contributed by atoms with Gasteiger partial charge in [0.1, 0.15) is 0 Å². The zero-order valence-corrected chi connectivity index (χ0v) is 7.24. The van der Waals surface area contributed by atoms with Crippen LogP contribution in [0.15, 0.2) is 0 Å². The summed E-state index contributed by atoms with van der Waals surface area (Å²) in [6, 6.07) is 0.341. The maximum Gasteiger partial charge on any atom is 0.0704 e. The maximum atomic E-state index is 8.38. The van der Waals surface area contributed by atoms with E-state index < -0.39 is 0 Å². The molecule has 0 heterocycles. The van der Waals surface area contributed by atoms with Crippen molar-refractivity contribution >= 4 is 0 Å². The van der Waals surface area contributed by atoms with Crippen molar-refractivity contribution in [1.29, 1.82) is 0 Å². The Morgan fingerprint density at radius 3 is 2.58 bits per heavy atom. The van der Waals surface area contributed by atoms with Gasteiger partial charge in [0.2, 0.25) is 0 Å². The Kier molecular flexibility index (Phi) is 4.53. The summed E-state index contributed by atoms with van der Waals surface area (Å²) in [5.41, 5.74) is 5.58. The normalized spacial score (nSPS) is 28.5. The average Bonchev–Trinajstić information content (AvgIpc) is 2.00. The molecule has 0 saturated heterocycles. The Bertz CT molecular complexity index is 115. The lowest BCUT2D eigenvalue weighted by Crippen LogP contribution is -2.42. The van der Waals surface area contributed by atoms with Crippen LogP contribution >= 0.6 is 0 Å². The predicted molar refractivity (Wildman–Crippen MR) is 44.9 cm³/mol. The SMILES string of the molecule is NC1CC(OCCOCCO)C1. The fourth-order valence-electron chi connectivity index (χ4n) is 1.18. The second-order valence-electron chi connectivity index (χ2n) is 3.06. The van der Waals surface area contributed by atoms with E-state index in [4.69, 9.17) is 20.3 Å². The van der Waals surface area contributed by atoms with E-state index in [1.807, 2.05) is 0 Å². The summed E-state index contributed by atoms with van der Waals surface area (Å²) < 4.78 is 10.4. The third-order valence-electron chi connectivity index (χ3n) is 1.95. The van der Waals surface area contributed by atoms with E-state index in [1.165, 1.54) is 0 Å². The van der Waals surface area contributed by atoms with E-state index in [0.29, 0.717) is 32.0 Å². The Morgan fingerprint density at radius 2 is 2.00 bits per heavy atom. The molecule has 1 saturated carbocycles. The Morgan fingerprint density at radius 1 is 1.25 bits per heavy atom. The molecule has 12 heavy (non-hydrogen) atoms. The molecule has 0 aromatic rings. The van der Waals surface area contributed by atoms with Crippen molar-refractivity contribution in [3.05, 3.63) is 0 Å². The summed E-state index contributed by atoms with van der Waals surface area (Å²) in [4.78, 5) is 0. The molecule has 0 aromatic heterocycles. The van der Waals surface area contributed by atoms with Crippen molar-refractivity contribution in [2.45, 2.75) is 25.0 Å². The lowest BCUT2D eigenvalue weighted by molar-refractivity contribution is -0.0393. The molecular weight excluding hydrogens is 158 g/mol. The van der Waals surface area contributed by atoms with Gasteiger partial charge in [-0.15, -0.1) is 0 Å². The summed E-state index contributed by atoms with van der Waals surface area (Å²) in [5, 5.41) is 8.38. The second kappa shape index (κ2) is 5.48. The minimum Gasteiger partial charge on any atom is -0.394 e. The lowest BCUT2D eigenvalue weighted by atomic mass is 9.90. The number of rotatable bonds is 6. The van der Waals surface area contributed by atoms with Gasteiger partial charge in [0, 0.05) is 6.04 Å². The van der Waals surface area contributed by atoms with Crippen molar-refractivity contribution in [3.63, 3.8) is 0 Å². The molecule has 1 rings (SSSR count). The number of aliphatic hydroxyl groups is 1. The molecule has 0 unspecified atom stereocenters. The standard InChI is InChI=1S/C8H17NO3/c9-7-5-8(6-7)12-4-3-11-2-1-10/h7-8,10H,1-6,9H2. The van der Waals surface area contributed by atoms with Gasteiger partial charge in [-0.2, -0.15) is 0 Å². The summed E-state index contributed by atoms with van der Waals surface area (Å²) in [6.07, 6.45) is 2.29. The molecule has 1 aliphatic carbocycles. The highest BCUT2D eigenvalue weighted by Crippen LogP contribution is 2.20. The van der Waals surface area contributed by atoms with E-state index >= 15 is 0 Å². The van der Waals surface area contributed by atoms with Crippen molar-refractivity contribution in [3.8, 4) is 0 Å². The summed E-state index contributed by atoms with van der Waals surface area (Å²) >= 11 is 0. The topological polar surface area (TPSA) is 64.7 Å². The molecule has 0 aliphatic heterocycles. The first-order chi connectivity index (χ1) is 5.83. The Labute approximate surface area is 72.6 Å². The minimum atomic E-state index is 0.0777. The third-order valence-corrected chi connectivity index (χ3v) is 1.95. The first-order valence-corrected chi connectivity index (χ1v) is 4.38. The molecule has 4 heteroatoms. The number of nitrogens with two attached hydrogens (primary N) is 1. The summed E-state index contributed by atoms with van der Waals surface area (Å²) in [7, 11) is 0. The van der Waals surface area contributed by atoms with Gasteiger partial charge in [-0.3, -0.25) is 0 Å². The highest BCUT2D eigenvalue weighted by Gasteiger charge is 2.25. The average molecular weight is 175 g/mol. The number of hydrogen-bond acceptors (Lipinski definition) is 4. The van der Waals surface area contributed by atoms with Crippen molar-refractivity contribution < 1.29 is 14.6 Å². The van der Waals surface area contributed by atoms with Gasteiger partial charge in [-0.1, -0.05) is 0 Å². The van der Waals surface area contributed by atoms with Crippen LogP contribution in [0.25, 0.3) is 0 Å². The van der Waals surface area contributed by atoms with Crippen LogP contribution < -0.4 is 5.73 Å². The highest BCUT2D eigenvalue weighted by molar-refractivity contribution is 4.82. The van der Waals surface area contributed by atoms with Crippen LogP contribution in [0, 0.1) is 0 Å². The molecule has 72 valence electrons. The minimum absolute atomic E-state index is 0.0777. The fraction of sp³-hybridized carbons (Fsp3) is 1.00. The Balaban J connectivity index is 1.77. The van der Waals surface area contributed by atoms with E-state index in [2.05, 4.69) is 0 Å². The van der Waals surface area contributed by atoms with Crippen LogP contribution in [0.2, 0.25) is 0 Å². The number of hydrogen-bond donors (Lipinski definition) is 2. The van der Waals surface area contributed by atoms with E-state index in [9.17, 15) is 0 Å². The first-order valence-electron chi connectivity index (χ1n) is 4.38.